The van der Waals surface area contributed by atoms with Crippen molar-refractivity contribution in [1.29, 1.82) is 0 Å². The van der Waals surface area contributed by atoms with E-state index in [4.69, 9.17) is 18.9 Å². The number of hydrogen-bond donors (Lipinski definition) is 2. The maximum atomic E-state index is 9.32. The molecule has 0 saturated heterocycles. The molecule has 4 rings (SSSR count). The molecule has 0 atom stereocenters. The molecule has 162 valence electrons. The molecule has 0 aliphatic carbocycles. The molecule has 0 spiro atoms. The normalized spacial score (nSPS) is 12.8. The third-order valence-corrected chi connectivity index (χ3v) is 5.82. The summed E-state index contributed by atoms with van der Waals surface area (Å²) in [5.41, 5.74) is 2.10. The molecule has 6 nitrogen and oxygen atoms in total. The minimum Gasteiger partial charge on any atom is -0.488 e. The van der Waals surface area contributed by atoms with Crippen LogP contribution in [0.1, 0.15) is 11.1 Å². The molecule has 2 N–H and O–H groups in total. The van der Waals surface area contributed by atoms with Gasteiger partial charge in [-0.25, -0.2) is 0 Å². The zero-order valence-electron chi connectivity index (χ0n) is 17.0. The van der Waals surface area contributed by atoms with Gasteiger partial charge in [-0.1, -0.05) is 48.2 Å². The minimum absolute atomic E-state index is 0.105. The number of hydrogen-bond acceptors (Lipinski definition) is 7. The highest BCUT2D eigenvalue weighted by Gasteiger charge is 2.21. The second-order valence-electron chi connectivity index (χ2n) is 6.76. The Labute approximate surface area is 185 Å². The lowest BCUT2D eigenvalue weighted by Crippen LogP contribution is -2.08. The van der Waals surface area contributed by atoms with E-state index in [0.29, 0.717) is 30.5 Å². The summed E-state index contributed by atoms with van der Waals surface area (Å²) in [6, 6.07) is 19.4. The molecular formula is C24H24O6S. The maximum absolute atomic E-state index is 9.32. The van der Waals surface area contributed by atoms with Gasteiger partial charge in [0.05, 0.1) is 18.1 Å². The van der Waals surface area contributed by atoms with Gasteiger partial charge in [0.1, 0.15) is 42.8 Å². The summed E-state index contributed by atoms with van der Waals surface area (Å²) >= 11 is 1.45. The Balaban J connectivity index is 1.82. The van der Waals surface area contributed by atoms with Crippen molar-refractivity contribution in [2.45, 2.75) is 23.0 Å². The molecule has 0 amide bonds. The highest BCUT2D eigenvalue weighted by Crippen LogP contribution is 2.49. The Morgan fingerprint density at radius 1 is 0.742 bits per heavy atom. The third-order valence-electron chi connectivity index (χ3n) is 4.67. The first-order valence-electron chi connectivity index (χ1n) is 10.0. The van der Waals surface area contributed by atoms with Crippen molar-refractivity contribution in [2.75, 3.05) is 26.4 Å². The van der Waals surface area contributed by atoms with Crippen molar-refractivity contribution >= 4 is 11.8 Å². The summed E-state index contributed by atoms with van der Waals surface area (Å²) in [5, 5.41) is 18.5. The van der Waals surface area contributed by atoms with E-state index in [1.54, 1.807) is 6.07 Å². The molecule has 0 radical (unpaired) electrons. The Morgan fingerprint density at radius 3 is 2.13 bits per heavy atom. The molecule has 0 aromatic heterocycles. The van der Waals surface area contributed by atoms with Crippen LogP contribution in [0.15, 0.2) is 70.5 Å². The van der Waals surface area contributed by atoms with Crippen LogP contribution in [-0.2, 0) is 13.2 Å². The summed E-state index contributed by atoms with van der Waals surface area (Å²) in [7, 11) is 0. The molecule has 0 bridgehead atoms. The van der Waals surface area contributed by atoms with Gasteiger partial charge in [0.15, 0.2) is 11.5 Å². The number of para-hydroxylation sites is 1. The van der Waals surface area contributed by atoms with Crippen molar-refractivity contribution in [2.24, 2.45) is 0 Å². The van der Waals surface area contributed by atoms with Crippen LogP contribution in [0.4, 0.5) is 0 Å². The fraction of sp³-hybridized carbons (Fsp3) is 0.250. The van der Waals surface area contributed by atoms with E-state index in [-0.39, 0.29) is 26.4 Å². The fourth-order valence-electron chi connectivity index (χ4n) is 3.20. The molecule has 7 heteroatoms. The molecule has 0 unspecified atom stereocenters. The summed E-state index contributed by atoms with van der Waals surface area (Å²) < 4.78 is 23.9. The Kier molecular flexibility index (Phi) is 7.19. The van der Waals surface area contributed by atoms with Gasteiger partial charge in [-0.3, -0.25) is 0 Å². The van der Waals surface area contributed by atoms with Crippen LogP contribution in [0.3, 0.4) is 0 Å². The first-order chi connectivity index (χ1) is 15.3. The van der Waals surface area contributed by atoms with Crippen LogP contribution in [-0.4, -0.2) is 36.6 Å². The van der Waals surface area contributed by atoms with Gasteiger partial charge in [0, 0.05) is 0 Å². The molecule has 3 aromatic carbocycles. The van der Waals surface area contributed by atoms with Gasteiger partial charge >= 0.3 is 0 Å². The quantitative estimate of drug-likeness (QED) is 0.599. The average Bonchev–Trinajstić information content (AvgIpc) is 2.83. The number of rotatable bonds is 6. The summed E-state index contributed by atoms with van der Waals surface area (Å²) in [5.74, 6) is 2.34. The van der Waals surface area contributed by atoms with Crippen LogP contribution in [0.2, 0.25) is 0 Å². The van der Waals surface area contributed by atoms with Gasteiger partial charge in [-0.2, -0.15) is 0 Å². The summed E-state index contributed by atoms with van der Waals surface area (Å²) in [6.07, 6.45) is 0. The summed E-state index contributed by atoms with van der Waals surface area (Å²) in [4.78, 5) is 1.62. The SMILES string of the molecule is OCCOc1ccc2c(c1OCCO)Sc1ccccc1OCc1ccccc1CO2. The smallest absolute Gasteiger partial charge is 0.178 e. The molecule has 0 saturated carbocycles. The second-order valence-corrected chi connectivity index (χ2v) is 7.81. The van der Waals surface area contributed by atoms with Gasteiger partial charge in [0.2, 0.25) is 0 Å². The zero-order chi connectivity index (χ0) is 21.5. The first-order valence-corrected chi connectivity index (χ1v) is 10.9. The molecular weight excluding hydrogens is 416 g/mol. The van der Waals surface area contributed by atoms with Crippen molar-refractivity contribution in [3.63, 3.8) is 0 Å². The summed E-state index contributed by atoms with van der Waals surface area (Å²) in [6.45, 7) is 0.793. The first kappa shape index (κ1) is 21.4. The Bertz CT molecular complexity index is 1020. The molecule has 3 aromatic rings. The number of ether oxygens (including phenoxy) is 4. The van der Waals surface area contributed by atoms with Gasteiger partial charge in [-0.05, 0) is 35.4 Å². The minimum atomic E-state index is -0.137. The molecule has 1 aliphatic heterocycles. The van der Waals surface area contributed by atoms with Gasteiger partial charge in [-0.15, -0.1) is 0 Å². The van der Waals surface area contributed by atoms with E-state index in [9.17, 15) is 10.2 Å². The van der Waals surface area contributed by atoms with E-state index >= 15 is 0 Å². The lowest BCUT2D eigenvalue weighted by Gasteiger charge is -2.19. The van der Waals surface area contributed by atoms with E-state index < -0.39 is 0 Å². The Hall–Kier alpha value is -2.87. The predicted octanol–water partition coefficient (Wildman–Crippen LogP) is 4.05. The van der Waals surface area contributed by atoms with Crippen molar-refractivity contribution in [3.8, 4) is 23.0 Å². The van der Waals surface area contributed by atoms with Crippen LogP contribution in [0.25, 0.3) is 0 Å². The van der Waals surface area contributed by atoms with Crippen LogP contribution in [0, 0.1) is 0 Å². The second kappa shape index (κ2) is 10.4. The van der Waals surface area contributed by atoms with E-state index in [2.05, 4.69) is 0 Å². The highest BCUT2D eigenvalue weighted by molar-refractivity contribution is 7.99. The van der Waals surface area contributed by atoms with E-state index in [0.717, 1.165) is 26.7 Å². The van der Waals surface area contributed by atoms with Crippen LogP contribution in [0.5, 0.6) is 23.0 Å². The lowest BCUT2D eigenvalue weighted by atomic mass is 10.1. The lowest BCUT2D eigenvalue weighted by molar-refractivity contribution is 0.174. The van der Waals surface area contributed by atoms with Crippen LogP contribution >= 0.6 is 11.8 Å². The molecule has 0 fully saturated rings. The molecule has 1 aliphatic rings. The van der Waals surface area contributed by atoms with Crippen molar-refractivity contribution < 1.29 is 29.2 Å². The topological polar surface area (TPSA) is 77.4 Å². The monoisotopic (exact) mass is 440 g/mol. The maximum Gasteiger partial charge on any atom is 0.178 e. The predicted molar refractivity (Wildman–Crippen MR) is 117 cm³/mol. The third kappa shape index (κ3) is 5.07. The molecule has 1 heterocycles. The van der Waals surface area contributed by atoms with Gasteiger partial charge in [0.25, 0.3) is 0 Å². The Morgan fingerprint density at radius 2 is 1.39 bits per heavy atom. The highest BCUT2D eigenvalue weighted by atomic mass is 32.2. The number of aliphatic hydroxyl groups excluding tert-OH is 2. The average molecular weight is 441 g/mol. The van der Waals surface area contributed by atoms with E-state index in [1.165, 1.54) is 11.8 Å². The van der Waals surface area contributed by atoms with Crippen molar-refractivity contribution in [3.05, 3.63) is 71.8 Å². The number of benzene rings is 3. The number of fused-ring (bicyclic) bond motifs is 3. The fourth-order valence-corrected chi connectivity index (χ4v) is 4.28. The van der Waals surface area contributed by atoms with Crippen molar-refractivity contribution in [1.82, 2.24) is 0 Å². The van der Waals surface area contributed by atoms with E-state index in [1.807, 2.05) is 54.6 Å². The van der Waals surface area contributed by atoms with Crippen LogP contribution < -0.4 is 18.9 Å². The standard InChI is InChI=1S/C24H24O6S/c25-11-13-27-20-9-10-21-24(23(20)28-14-12-26)31-22-8-4-3-7-19(22)29-15-17-5-1-2-6-18(17)16-30-21/h1-10,25-26H,11-16H2. The number of aliphatic hydroxyl groups is 2. The van der Waals surface area contributed by atoms with Gasteiger partial charge < -0.3 is 29.2 Å². The zero-order valence-corrected chi connectivity index (χ0v) is 17.8. The largest absolute Gasteiger partial charge is 0.488 e. The molecule has 31 heavy (non-hydrogen) atoms.